The average Bonchev–Trinajstić information content (AvgIpc) is 2.50. The number of hydrogen-bond donors (Lipinski definition) is 1. The maximum atomic E-state index is 11.9. The summed E-state index contributed by atoms with van der Waals surface area (Å²) in [5.41, 5.74) is 3.35. The Labute approximate surface area is 139 Å². The van der Waals surface area contributed by atoms with Crippen molar-refractivity contribution in [3.05, 3.63) is 64.2 Å². The minimum Gasteiger partial charge on any atom is -0.324 e. The van der Waals surface area contributed by atoms with E-state index in [4.69, 9.17) is 16.9 Å². The summed E-state index contributed by atoms with van der Waals surface area (Å²) < 4.78 is 0. The highest BCUT2D eigenvalue weighted by atomic mass is 35.5. The normalized spacial score (nSPS) is 10.0. The van der Waals surface area contributed by atoms with E-state index >= 15 is 0 Å². The highest BCUT2D eigenvalue weighted by Crippen LogP contribution is 2.23. The van der Waals surface area contributed by atoms with E-state index in [-0.39, 0.29) is 5.91 Å². The van der Waals surface area contributed by atoms with Crippen molar-refractivity contribution in [2.24, 2.45) is 0 Å². The molecule has 0 bridgehead atoms. The van der Waals surface area contributed by atoms with Crippen LogP contribution in [0, 0.1) is 18.3 Å². The molecule has 0 saturated heterocycles. The number of nitrogens with zero attached hydrogens (tertiary/aromatic N) is 1. The summed E-state index contributed by atoms with van der Waals surface area (Å²) in [6, 6.07) is 15.0. The number of carbonyl (C=O) groups is 1. The van der Waals surface area contributed by atoms with Crippen LogP contribution in [0.2, 0.25) is 5.02 Å². The van der Waals surface area contributed by atoms with Crippen molar-refractivity contribution in [2.45, 2.75) is 12.7 Å². The number of hydrogen-bond acceptors (Lipinski definition) is 3. The molecule has 0 radical (unpaired) electrons. The molecule has 0 atom stereocenters. The van der Waals surface area contributed by atoms with Gasteiger partial charge >= 0.3 is 0 Å². The largest absolute Gasteiger partial charge is 0.324 e. The molecule has 0 fully saturated rings. The van der Waals surface area contributed by atoms with Crippen molar-refractivity contribution in [1.29, 1.82) is 5.26 Å². The third-order valence-electron chi connectivity index (χ3n) is 2.96. The number of carbonyl (C=O) groups excluding carboxylic acids is 1. The smallest absolute Gasteiger partial charge is 0.234 e. The summed E-state index contributed by atoms with van der Waals surface area (Å²) in [5, 5.41) is 12.2. The summed E-state index contributed by atoms with van der Waals surface area (Å²) in [6.45, 7) is 1.95. The molecule has 0 unspecified atom stereocenters. The Balaban J connectivity index is 1.84. The molecule has 2 rings (SSSR count). The van der Waals surface area contributed by atoms with E-state index in [0.717, 1.165) is 11.1 Å². The van der Waals surface area contributed by atoms with E-state index in [1.165, 1.54) is 11.8 Å². The van der Waals surface area contributed by atoms with Crippen LogP contribution in [0.3, 0.4) is 0 Å². The number of rotatable bonds is 5. The number of benzene rings is 2. The topological polar surface area (TPSA) is 52.9 Å². The maximum absolute atomic E-state index is 11.9. The first kappa shape index (κ1) is 16.4. The number of anilines is 1. The van der Waals surface area contributed by atoms with Crippen LogP contribution in [-0.4, -0.2) is 11.7 Å². The Bertz CT molecular complexity index is 725. The first-order chi connectivity index (χ1) is 10.6. The third-order valence-corrected chi connectivity index (χ3v) is 4.27. The SMILES string of the molecule is Cc1ccc(NC(=O)CSCc2cccc(C#N)c2)c(Cl)c1. The maximum Gasteiger partial charge on any atom is 0.234 e. The molecule has 2 aromatic carbocycles. The zero-order valence-corrected chi connectivity index (χ0v) is 13.7. The molecular formula is C17H15ClN2OS. The van der Waals surface area contributed by atoms with Crippen LogP contribution in [0.4, 0.5) is 5.69 Å². The van der Waals surface area contributed by atoms with Crippen LogP contribution in [0.15, 0.2) is 42.5 Å². The van der Waals surface area contributed by atoms with Crippen molar-refractivity contribution < 1.29 is 4.79 Å². The fraction of sp³-hybridized carbons (Fsp3) is 0.176. The second kappa shape index (κ2) is 7.88. The fourth-order valence-electron chi connectivity index (χ4n) is 1.90. The van der Waals surface area contributed by atoms with E-state index in [9.17, 15) is 4.79 Å². The van der Waals surface area contributed by atoms with Crippen molar-refractivity contribution in [1.82, 2.24) is 0 Å². The minimum atomic E-state index is -0.0906. The lowest BCUT2D eigenvalue weighted by Gasteiger charge is -2.08. The zero-order chi connectivity index (χ0) is 15.9. The van der Waals surface area contributed by atoms with E-state index in [1.807, 2.05) is 37.3 Å². The van der Waals surface area contributed by atoms with Gasteiger partial charge in [0.2, 0.25) is 5.91 Å². The van der Waals surface area contributed by atoms with Gasteiger partial charge < -0.3 is 5.32 Å². The summed E-state index contributed by atoms with van der Waals surface area (Å²) in [7, 11) is 0. The molecule has 5 heteroatoms. The van der Waals surface area contributed by atoms with Gasteiger partial charge in [0, 0.05) is 5.75 Å². The molecule has 0 aromatic heterocycles. The number of nitriles is 1. The van der Waals surface area contributed by atoms with Crippen LogP contribution in [0.25, 0.3) is 0 Å². The minimum absolute atomic E-state index is 0.0906. The van der Waals surface area contributed by atoms with E-state index in [1.54, 1.807) is 12.1 Å². The predicted molar refractivity (Wildman–Crippen MR) is 92.1 cm³/mol. The number of nitrogens with one attached hydrogen (secondary N) is 1. The Morgan fingerprint density at radius 2 is 2.14 bits per heavy atom. The van der Waals surface area contributed by atoms with Gasteiger partial charge in [-0.1, -0.05) is 29.8 Å². The quantitative estimate of drug-likeness (QED) is 0.884. The number of aryl methyl sites for hydroxylation is 1. The first-order valence-corrected chi connectivity index (χ1v) is 8.24. The molecular weight excluding hydrogens is 316 g/mol. The molecule has 112 valence electrons. The van der Waals surface area contributed by atoms with Crippen LogP contribution in [0.5, 0.6) is 0 Å². The molecule has 1 amide bonds. The Morgan fingerprint density at radius 1 is 1.32 bits per heavy atom. The van der Waals surface area contributed by atoms with Crippen molar-refractivity contribution >= 4 is 35.0 Å². The van der Waals surface area contributed by atoms with Gasteiger partial charge in [-0.05, 0) is 42.3 Å². The fourth-order valence-corrected chi connectivity index (χ4v) is 2.96. The van der Waals surface area contributed by atoms with Gasteiger partial charge in [-0.3, -0.25) is 4.79 Å². The molecule has 0 saturated carbocycles. The summed E-state index contributed by atoms with van der Waals surface area (Å²) in [4.78, 5) is 11.9. The van der Waals surface area contributed by atoms with Crippen LogP contribution < -0.4 is 5.32 Å². The van der Waals surface area contributed by atoms with Gasteiger partial charge in [0.25, 0.3) is 0 Å². The second-order valence-electron chi connectivity index (χ2n) is 4.84. The molecule has 1 N–H and O–H groups in total. The van der Waals surface area contributed by atoms with E-state index in [0.29, 0.717) is 27.8 Å². The number of halogens is 1. The van der Waals surface area contributed by atoms with Crippen molar-refractivity contribution in [3.8, 4) is 6.07 Å². The predicted octanol–water partition coefficient (Wildman–Crippen LogP) is 4.39. The number of amides is 1. The standard InChI is InChI=1S/C17H15ClN2OS/c1-12-5-6-16(15(18)7-12)20-17(21)11-22-10-14-4-2-3-13(8-14)9-19/h2-8H,10-11H2,1H3,(H,20,21). The van der Waals surface area contributed by atoms with Crippen molar-refractivity contribution in [3.63, 3.8) is 0 Å². The number of thioether (sulfide) groups is 1. The molecule has 0 aliphatic rings. The lowest BCUT2D eigenvalue weighted by molar-refractivity contribution is -0.113. The molecule has 0 aliphatic carbocycles. The van der Waals surface area contributed by atoms with Gasteiger partial charge in [-0.2, -0.15) is 5.26 Å². The highest BCUT2D eigenvalue weighted by molar-refractivity contribution is 7.99. The van der Waals surface area contributed by atoms with Gasteiger partial charge in [0.05, 0.1) is 28.1 Å². The first-order valence-electron chi connectivity index (χ1n) is 6.71. The van der Waals surface area contributed by atoms with E-state index < -0.39 is 0 Å². The third kappa shape index (κ3) is 4.80. The van der Waals surface area contributed by atoms with Gasteiger partial charge in [0.1, 0.15) is 0 Å². The Hall–Kier alpha value is -1.96. The van der Waals surface area contributed by atoms with E-state index in [2.05, 4.69) is 11.4 Å². The summed E-state index contributed by atoms with van der Waals surface area (Å²) in [5.74, 6) is 0.929. The Kier molecular flexibility index (Phi) is 5.88. The molecule has 0 heterocycles. The second-order valence-corrected chi connectivity index (χ2v) is 6.23. The average molecular weight is 331 g/mol. The highest BCUT2D eigenvalue weighted by Gasteiger charge is 2.06. The van der Waals surface area contributed by atoms with Crippen molar-refractivity contribution in [2.75, 3.05) is 11.1 Å². The molecule has 22 heavy (non-hydrogen) atoms. The Morgan fingerprint density at radius 3 is 2.86 bits per heavy atom. The molecule has 2 aromatic rings. The van der Waals surface area contributed by atoms with Gasteiger partial charge in [-0.15, -0.1) is 11.8 Å². The monoisotopic (exact) mass is 330 g/mol. The van der Waals surface area contributed by atoms with Crippen LogP contribution in [0.1, 0.15) is 16.7 Å². The lowest BCUT2D eigenvalue weighted by atomic mass is 10.2. The summed E-state index contributed by atoms with van der Waals surface area (Å²) >= 11 is 7.58. The lowest BCUT2D eigenvalue weighted by Crippen LogP contribution is -2.14. The van der Waals surface area contributed by atoms with Crippen LogP contribution >= 0.6 is 23.4 Å². The summed E-state index contributed by atoms with van der Waals surface area (Å²) in [6.07, 6.45) is 0. The van der Waals surface area contributed by atoms with Gasteiger partial charge in [0.15, 0.2) is 0 Å². The molecule has 0 aliphatic heterocycles. The van der Waals surface area contributed by atoms with Gasteiger partial charge in [-0.25, -0.2) is 0 Å². The zero-order valence-electron chi connectivity index (χ0n) is 12.1. The van der Waals surface area contributed by atoms with Crippen LogP contribution in [-0.2, 0) is 10.5 Å². The molecule has 3 nitrogen and oxygen atoms in total. The molecule has 0 spiro atoms.